The SMILES string of the molecule is CC(O)(C#CC[NH+]1CCOCC1)c1ccccc1.[Cl-]. The lowest BCUT2D eigenvalue weighted by Crippen LogP contribution is -3.14. The van der Waals surface area contributed by atoms with E-state index in [-0.39, 0.29) is 12.4 Å². The van der Waals surface area contributed by atoms with E-state index in [0.29, 0.717) is 0 Å². The number of nitrogens with one attached hydrogen (secondary N) is 1. The Kier molecular flexibility index (Phi) is 6.33. The van der Waals surface area contributed by atoms with Gasteiger partial charge in [0.2, 0.25) is 0 Å². The normalized spacial score (nSPS) is 18.6. The number of hydrogen-bond acceptors (Lipinski definition) is 2. The average molecular weight is 282 g/mol. The van der Waals surface area contributed by atoms with Gasteiger partial charge in [0.1, 0.15) is 25.2 Å². The molecule has 0 aliphatic carbocycles. The zero-order valence-corrected chi connectivity index (χ0v) is 11.9. The molecule has 2 N–H and O–H groups in total. The summed E-state index contributed by atoms with van der Waals surface area (Å²) in [7, 11) is 0. The smallest absolute Gasteiger partial charge is 0.148 e. The molecule has 1 atom stereocenters. The lowest BCUT2D eigenvalue weighted by atomic mass is 9.97. The van der Waals surface area contributed by atoms with Crippen molar-refractivity contribution >= 4 is 0 Å². The van der Waals surface area contributed by atoms with Crippen molar-refractivity contribution < 1.29 is 27.2 Å². The number of morpholine rings is 1. The molecule has 1 aliphatic heterocycles. The summed E-state index contributed by atoms with van der Waals surface area (Å²) in [4.78, 5) is 1.43. The Labute approximate surface area is 121 Å². The maximum Gasteiger partial charge on any atom is 0.148 e. The van der Waals surface area contributed by atoms with Gasteiger partial charge in [0.15, 0.2) is 0 Å². The molecule has 1 heterocycles. The second-order valence-corrected chi connectivity index (χ2v) is 4.78. The van der Waals surface area contributed by atoms with Crippen molar-refractivity contribution in [3.8, 4) is 11.8 Å². The molecule has 1 unspecified atom stereocenters. The van der Waals surface area contributed by atoms with Gasteiger partial charge in [0.05, 0.1) is 13.2 Å². The Hall–Kier alpha value is -1.05. The molecular weight excluding hydrogens is 262 g/mol. The minimum Gasteiger partial charge on any atom is -1.00 e. The molecule has 0 amide bonds. The molecule has 0 spiro atoms. The van der Waals surface area contributed by atoms with E-state index in [0.717, 1.165) is 38.4 Å². The van der Waals surface area contributed by atoms with E-state index in [4.69, 9.17) is 4.74 Å². The van der Waals surface area contributed by atoms with E-state index in [1.807, 2.05) is 30.3 Å². The molecule has 3 nitrogen and oxygen atoms in total. The number of halogens is 1. The summed E-state index contributed by atoms with van der Waals surface area (Å²) in [6.45, 7) is 6.14. The summed E-state index contributed by atoms with van der Waals surface area (Å²) in [6.07, 6.45) is 0. The Morgan fingerprint density at radius 2 is 1.89 bits per heavy atom. The van der Waals surface area contributed by atoms with E-state index in [2.05, 4.69) is 11.8 Å². The van der Waals surface area contributed by atoms with Gasteiger partial charge in [-0.3, -0.25) is 0 Å². The highest BCUT2D eigenvalue weighted by Gasteiger charge is 2.19. The third kappa shape index (κ3) is 4.85. The standard InChI is InChI=1S/C15H19NO2.ClH/c1-15(17,14-6-3-2-4-7-14)8-5-9-16-10-12-18-13-11-16;/h2-4,6-7,17H,9-13H2,1H3;1H. The van der Waals surface area contributed by atoms with Crippen molar-refractivity contribution in [2.24, 2.45) is 0 Å². The van der Waals surface area contributed by atoms with Crippen LogP contribution in [0.15, 0.2) is 30.3 Å². The minimum atomic E-state index is -1.06. The maximum atomic E-state index is 10.3. The number of benzene rings is 1. The molecule has 1 aromatic carbocycles. The Bertz CT molecular complexity index is 430. The van der Waals surface area contributed by atoms with Gasteiger partial charge in [-0.15, -0.1) is 0 Å². The van der Waals surface area contributed by atoms with E-state index >= 15 is 0 Å². The second-order valence-electron chi connectivity index (χ2n) is 4.78. The zero-order valence-electron chi connectivity index (χ0n) is 11.2. The predicted molar refractivity (Wildman–Crippen MR) is 70.2 cm³/mol. The monoisotopic (exact) mass is 281 g/mol. The molecule has 1 fully saturated rings. The molecule has 0 bridgehead atoms. The first-order valence-corrected chi connectivity index (χ1v) is 6.38. The Morgan fingerprint density at radius 3 is 2.53 bits per heavy atom. The van der Waals surface area contributed by atoms with Crippen molar-refractivity contribution in [3.05, 3.63) is 35.9 Å². The van der Waals surface area contributed by atoms with Crippen LogP contribution < -0.4 is 17.3 Å². The quantitative estimate of drug-likeness (QED) is 0.561. The Balaban J connectivity index is 0.00000180. The lowest BCUT2D eigenvalue weighted by molar-refractivity contribution is -0.900. The number of hydrogen-bond donors (Lipinski definition) is 2. The third-order valence-corrected chi connectivity index (χ3v) is 3.21. The topological polar surface area (TPSA) is 33.9 Å². The van der Waals surface area contributed by atoms with E-state index in [9.17, 15) is 5.11 Å². The van der Waals surface area contributed by atoms with Crippen molar-refractivity contribution in [2.75, 3.05) is 32.8 Å². The molecule has 0 radical (unpaired) electrons. The van der Waals surface area contributed by atoms with Gasteiger partial charge in [0.25, 0.3) is 0 Å². The fourth-order valence-corrected chi connectivity index (χ4v) is 2.01. The highest BCUT2D eigenvalue weighted by atomic mass is 35.5. The van der Waals surface area contributed by atoms with Gasteiger partial charge in [-0.2, -0.15) is 0 Å². The molecule has 104 valence electrons. The van der Waals surface area contributed by atoms with Crippen LogP contribution in [0.4, 0.5) is 0 Å². The second kappa shape index (κ2) is 7.52. The van der Waals surface area contributed by atoms with Crippen LogP contribution in [0.5, 0.6) is 0 Å². The van der Waals surface area contributed by atoms with Crippen LogP contribution in [0, 0.1) is 11.8 Å². The molecule has 0 aromatic heterocycles. The summed E-state index contributed by atoms with van der Waals surface area (Å²) in [6, 6.07) is 9.56. The first kappa shape index (κ1) is 16.0. The third-order valence-electron chi connectivity index (χ3n) is 3.21. The highest BCUT2D eigenvalue weighted by Crippen LogP contribution is 2.18. The molecule has 4 heteroatoms. The van der Waals surface area contributed by atoms with Crippen LogP contribution in [-0.4, -0.2) is 38.0 Å². The summed E-state index contributed by atoms with van der Waals surface area (Å²) >= 11 is 0. The molecule has 19 heavy (non-hydrogen) atoms. The summed E-state index contributed by atoms with van der Waals surface area (Å²) in [5.74, 6) is 6.07. The van der Waals surface area contributed by atoms with Crippen molar-refractivity contribution in [2.45, 2.75) is 12.5 Å². The summed E-state index contributed by atoms with van der Waals surface area (Å²) in [5.41, 5.74) is -0.220. The summed E-state index contributed by atoms with van der Waals surface area (Å²) < 4.78 is 5.30. The van der Waals surface area contributed by atoms with Crippen LogP contribution in [0.3, 0.4) is 0 Å². The first-order valence-electron chi connectivity index (χ1n) is 6.38. The van der Waals surface area contributed by atoms with Crippen LogP contribution >= 0.6 is 0 Å². The van der Waals surface area contributed by atoms with Gasteiger partial charge >= 0.3 is 0 Å². The molecular formula is C15H20ClNO2. The van der Waals surface area contributed by atoms with E-state index in [1.165, 1.54) is 4.90 Å². The molecule has 1 aromatic rings. The van der Waals surface area contributed by atoms with Gasteiger partial charge in [-0.1, -0.05) is 36.3 Å². The minimum absolute atomic E-state index is 0. The molecule has 2 rings (SSSR count). The molecule has 1 aliphatic rings. The average Bonchev–Trinajstić information content (AvgIpc) is 2.41. The first-order chi connectivity index (χ1) is 8.68. The van der Waals surface area contributed by atoms with Crippen molar-refractivity contribution in [1.29, 1.82) is 0 Å². The van der Waals surface area contributed by atoms with Gasteiger partial charge in [-0.05, 0) is 18.4 Å². The van der Waals surface area contributed by atoms with Gasteiger partial charge in [-0.25, -0.2) is 0 Å². The summed E-state index contributed by atoms with van der Waals surface area (Å²) in [5, 5.41) is 10.3. The van der Waals surface area contributed by atoms with Crippen molar-refractivity contribution in [1.82, 2.24) is 0 Å². The maximum absolute atomic E-state index is 10.3. The number of aliphatic hydroxyl groups is 1. The zero-order chi connectivity index (χ0) is 12.8. The Morgan fingerprint density at radius 1 is 1.26 bits per heavy atom. The molecule has 0 saturated carbocycles. The fraction of sp³-hybridized carbons (Fsp3) is 0.467. The van der Waals surface area contributed by atoms with E-state index < -0.39 is 5.60 Å². The van der Waals surface area contributed by atoms with Crippen LogP contribution in [-0.2, 0) is 10.3 Å². The van der Waals surface area contributed by atoms with Gasteiger partial charge in [0, 0.05) is 0 Å². The van der Waals surface area contributed by atoms with Crippen LogP contribution in [0.25, 0.3) is 0 Å². The lowest BCUT2D eigenvalue weighted by Gasteiger charge is -2.22. The number of quaternary nitrogens is 1. The predicted octanol–water partition coefficient (Wildman–Crippen LogP) is -3.18. The van der Waals surface area contributed by atoms with E-state index in [1.54, 1.807) is 6.92 Å². The molecule has 1 saturated heterocycles. The largest absolute Gasteiger partial charge is 1.00 e. The number of rotatable bonds is 2. The van der Waals surface area contributed by atoms with Gasteiger partial charge < -0.3 is 27.2 Å². The number of ether oxygens (including phenoxy) is 1. The van der Waals surface area contributed by atoms with Crippen LogP contribution in [0.2, 0.25) is 0 Å². The van der Waals surface area contributed by atoms with Crippen molar-refractivity contribution in [3.63, 3.8) is 0 Å². The van der Waals surface area contributed by atoms with Crippen LogP contribution in [0.1, 0.15) is 12.5 Å². The fourth-order valence-electron chi connectivity index (χ4n) is 2.01. The highest BCUT2D eigenvalue weighted by molar-refractivity contribution is 5.30.